The van der Waals surface area contributed by atoms with Crippen molar-refractivity contribution in [1.29, 1.82) is 0 Å². The maximum Gasteiger partial charge on any atom is 0.177 e. The Balaban J connectivity index is 2.32. The lowest BCUT2D eigenvalue weighted by Crippen LogP contribution is -2.34. The molecule has 0 amide bonds. The van der Waals surface area contributed by atoms with Crippen LogP contribution in [-0.4, -0.2) is 12.3 Å². The molecule has 1 N–H and O–H groups in total. The van der Waals surface area contributed by atoms with Gasteiger partial charge in [0.1, 0.15) is 0 Å². The fourth-order valence-corrected chi connectivity index (χ4v) is 2.13. The van der Waals surface area contributed by atoms with Gasteiger partial charge in [0.15, 0.2) is 5.78 Å². The minimum absolute atomic E-state index is 0.153. The Bertz CT molecular complexity index is 430. The van der Waals surface area contributed by atoms with E-state index >= 15 is 0 Å². The van der Waals surface area contributed by atoms with Crippen LogP contribution >= 0.6 is 0 Å². The molecule has 0 aliphatic carbocycles. The smallest absolute Gasteiger partial charge is 0.177 e. The molecule has 0 fully saturated rings. The molecule has 2 heteroatoms. The average molecular weight is 215 g/mol. The molecule has 0 saturated heterocycles. The topological polar surface area (TPSA) is 29.1 Å². The Hall–Kier alpha value is -1.41. The summed E-state index contributed by atoms with van der Waals surface area (Å²) >= 11 is 0. The first-order valence-corrected chi connectivity index (χ1v) is 5.68. The van der Waals surface area contributed by atoms with Crippen LogP contribution in [0, 0.1) is 0 Å². The molecule has 2 nitrogen and oxygen atoms in total. The molecule has 1 aromatic rings. The van der Waals surface area contributed by atoms with E-state index in [1.165, 1.54) is 5.56 Å². The average Bonchev–Trinajstić information content (AvgIpc) is 2.27. The highest BCUT2D eigenvalue weighted by molar-refractivity contribution is 5.95. The molecule has 2 rings (SSSR count). The van der Waals surface area contributed by atoms with Crippen LogP contribution in [-0.2, 0) is 11.2 Å². The van der Waals surface area contributed by atoms with Gasteiger partial charge >= 0.3 is 0 Å². The maximum absolute atomic E-state index is 12.0. The van der Waals surface area contributed by atoms with Crippen molar-refractivity contribution in [1.82, 2.24) is 5.32 Å². The Kier molecular flexibility index (Phi) is 3.20. The van der Waals surface area contributed by atoms with E-state index in [1.807, 2.05) is 32.0 Å². The van der Waals surface area contributed by atoms with Crippen LogP contribution in [0.3, 0.4) is 0 Å². The zero-order valence-corrected chi connectivity index (χ0v) is 9.79. The highest BCUT2D eigenvalue weighted by Crippen LogP contribution is 2.23. The van der Waals surface area contributed by atoms with Crippen LogP contribution in [0.4, 0.5) is 0 Å². The molecule has 0 spiro atoms. The van der Waals surface area contributed by atoms with E-state index in [-0.39, 0.29) is 11.8 Å². The molecule has 1 heterocycles. The van der Waals surface area contributed by atoms with Crippen molar-refractivity contribution < 1.29 is 4.79 Å². The number of hydrogen-bond donors (Lipinski definition) is 1. The maximum atomic E-state index is 12.0. The van der Waals surface area contributed by atoms with E-state index < -0.39 is 0 Å². The van der Waals surface area contributed by atoms with Gasteiger partial charge in [-0.25, -0.2) is 0 Å². The summed E-state index contributed by atoms with van der Waals surface area (Å²) in [4.78, 5) is 12.0. The third-order valence-electron chi connectivity index (χ3n) is 2.82. The number of carbonyl (C=O) groups is 1. The van der Waals surface area contributed by atoms with Gasteiger partial charge in [0, 0.05) is 6.54 Å². The first-order valence-electron chi connectivity index (χ1n) is 5.68. The van der Waals surface area contributed by atoms with Crippen LogP contribution in [0.2, 0.25) is 0 Å². The lowest BCUT2D eigenvalue weighted by atomic mass is 9.91. The second-order valence-electron chi connectivity index (χ2n) is 4.46. The Morgan fingerprint density at radius 2 is 2.12 bits per heavy atom. The molecule has 0 saturated carbocycles. The summed E-state index contributed by atoms with van der Waals surface area (Å²) in [6.07, 6.45) is 2.73. The fourth-order valence-electron chi connectivity index (χ4n) is 2.13. The van der Waals surface area contributed by atoms with Gasteiger partial charge in [0.05, 0.1) is 6.04 Å². The number of benzene rings is 1. The van der Waals surface area contributed by atoms with Crippen molar-refractivity contribution in [3.05, 3.63) is 47.0 Å². The summed E-state index contributed by atoms with van der Waals surface area (Å²) in [5.74, 6) is 0.159. The normalized spacial score (nSPS) is 18.8. The number of hydrogen-bond acceptors (Lipinski definition) is 2. The Morgan fingerprint density at radius 3 is 2.88 bits per heavy atom. The van der Waals surface area contributed by atoms with Crippen molar-refractivity contribution in [3.8, 4) is 0 Å². The van der Waals surface area contributed by atoms with Crippen LogP contribution in [0.25, 0.3) is 0 Å². The van der Waals surface area contributed by atoms with E-state index in [0.29, 0.717) is 0 Å². The first-order chi connectivity index (χ1) is 7.68. The summed E-state index contributed by atoms with van der Waals surface area (Å²) in [6.45, 7) is 4.78. The quantitative estimate of drug-likeness (QED) is 0.768. The second-order valence-corrected chi connectivity index (χ2v) is 4.46. The molecule has 16 heavy (non-hydrogen) atoms. The standard InChI is InChI=1S/C14H17NO/c1-10(2)9-13(16)14-12-6-4-3-5-11(12)7-8-15-14/h3-6,9,14-15H,7-8H2,1-2H3. The fraction of sp³-hybridized carbons (Fsp3) is 0.357. The summed E-state index contributed by atoms with van der Waals surface area (Å²) in [5, 5.41) is 3.29. The summed E-state index contributed by atoms with van der Waals surface area (Å²) in [7, 11) is 0. The predicted octanol–water partition coefficient (Wildman–Crippen LogP) is 2.41. The molecular weight excluding hydrogens is 198 g/mol. The van der Waals surface area contributed by atoms with Crippen molar-refractivity contribution in [3.63, 3.8) is 0 Å². The number of rotatable bonds is 2. The highest BCUT2D eigenvalue weighted by atomic mass is 16.1. The van der Waals surface area contributed by atoms with Crippen molar-refractivity contribution in [2.75, 3.05) is 6.54 Å². The Morgan fingerprint density at radius 1 is 1.38 bits per heavy atom. The van der Waals surface area contributed by atoms with Crippen LogP contribution in [0.1, 0.15) is 31.0 Å². The molecule has 1 aromatic carbocycles. The van der Waals surface area contributed by atoms with Gasteiger partial charge in [-0.1, -0.05) is 29.8 Å². The molecule has 0 bridgehead atoms. The summed E-state index contributed by atoms with van der Waals surface area (Å²) in [6, 6.07) is 8.03. The predicted molar refractivity (Wildman–Crippen MR) is 65.3 cm³/mol. The summed E-state index contributed by atoms with van der Waals surface area (Å²) < 4.78 is 0. The third kappa shape index (κ3) is 2.22. The number of ketones is 1. The zero-order valence-electron chi connectivity index (χ0n) is 9.79. The van der Waals surface area contributed by atoms with Crippen LogP contribution in [0.5, 0.6) is 0 Å². The van der Waals surface area contributed by atoms with E-state index in [4.69, 9.17) is 0 Å². The molecular formula is C14H17NO. The third-order valence-corrected chi connectivity index (χ3v) is 2.82. The Labute approximate surface area is 96.4 Å². The molecule has 1 unspecified atom stereocenters. The molecule has 1 aliphatic heterocycles. The number of allylic oxidation sites excluding steroid dienone is 1. The molecule has 1 atom stereocenters. The number of nitrogens with one attached hydrogen (secondary N) is 1. The van der Waals surface area contributed by atoms with E-state index in [1.54, 1.807) is 6.08 Å². The van der Waals surface area contributed by atoms with Crippen molar-refractivity contribution >= 4 is 5.78 Å². The van der Waals surface area contributed by atoms with Gasteiger partial charge < -0.3 is 5.32 Å². The van der Waals surface area contributed by atoms with Crippen LogP contribution < -0.4 is 5.32 Å². The van der Waals surface area contributed by atoms with Crippen molar-refractivity contribution in [2.24, 2.45) is 0 Å². The lowest BCUT2D eigenvalue weighted by molar-refractivity contribution is -0.116. The van der Waals surface area contributed by atoms with Gasteiger partial charge in [-0.2, -0.15) is 0 Å². The SMILES string of the molecule is CC(C)=CC(=O)C1NCCc2ccccc21. The van der Waals surface area contributed by atoms with E-state index in [9.17, 15) is 4.79 Å². The van der Waals surface area contributed by atoms with E-state index in [2.05, 4.69) is 11.4 Å². The summed E-state index contributed by atoms with van der Waals surface area (Å²) in [5.41, 5.74) is 3.48. The van der Waals surface area contributed by atoms with Crippen molar-refractivity contribution in [2.45, 2.75) is 26.3 Å². The minimum Gasteiger partial charge on any atom is -0.303 e. The highest BCUT2D eigenvalue weighted by Gasteiger charge is 2.23. The monoisotopic (exact) mass is 215 g/mol. The van der Waals surface area contributed by atoms with Gasteiger partial charge in [0.25, 0.3) is 0 Å². The zero-order chi connectivity index (χ0) is 11.5. The molecule has 84 valence electrons. The van der Waals surface area contributed by atoms with Gasteiger partial charge in [-0.15, -0.1) is 0 Å². The molecule has 1 aliphatic rings. The molecule has 0 aromatic heterocycles. The van der Waals surface area contributed by atoms with Gasteiger partial charge in [-0.3, -0.25) is 4.79 Å². The van der Waals surface area contributed by atoms with Gasteiger partial charge in [0.2, 0.25) is 0 Å². The van der Waals surface area contributed by atoms with Gasteiger partial charge in [-0.05, 0) is 37.5 Å². The number of fused-ring (bicyclic) bond motifs is 1. The minimum atomic E-state index is -0.153. The first kappa shape index (κ1) is 11.1. The lowest BCUT2D eigenvalue weighted by Gasteiger charge is -2.25. The van der Waals surface area contributed by atoms with E-state index in [0.717, 1.165) is 24.1 Å². The van der Waals surface area contributed by atoms with Crippen LogP contribution in [0.15, 0.2) is 35.9 Å². The number of carbonyl (C=O) groups excluding carboxylic acids is 1. The largest absolute Gasteiger partial charge is 0.303 e. The second kappa shape index (κ2) is 4.62. The molecule has 0 radical (unpaired) electrons.